The Morgan fingerprint density at radius 3 is 2.47 bits per heavy atom. The largest absolute Gasteiger partial charge is 0.416 e. The molecule has 0 spiro atoms. The van der Waals surface area contributed by atoms with E-state index in [4.69, 9.17) is 21.6 Å². The Kier molecular flexibility index (Phi) is 6.48. The van der Waals surface area contributed by atoms with E-state index in [-0.39, 0.29) is 0 Å². The molecule has 0 bridgehead atoms. The lowest BCUT2D eigenvalue weighted by atomic mass is 10.1. The number of anilines is 1. The van der Waals surface area contributed by atoms with Gasteiger partial charge >= 0.3 is 6.18 Å². The summed E-state index contributed by atoms with van der Waals surface area (Å²) in [6, 6.07) is 13.0. The molecule has 0 saturated carbocycles. The molecule has 0 saturated heterocycles. The fourth-order valence-electron chi connectivity index (χ4n) is 4.19. The summed E-state index contributed by atoms with van der Waals surface area (Å²) in [5, 5.41) is 1.79. The predicted molar refractivity (Wildman–Crippen MR) is 134 cm³/mol. The van der Waals surface area contributed by atoms with Gasteiger partial charge in [-0.05, 0) is 66.8 Å². The molecule has 0 radical (unpaired) electrons. The first kappa shape index (κ1) is 23.5. The summed E-state index contributed by atoms with van der Waals surface area (Å²) in [4.78, 5) is 15.3. The highest BCUT2D eigenvalue weighted by molar-refractivity contribution is 7.98. The van der Waals surface area contributed by atoms with Crippen molar-refractivity contribution in [1.82, 2.24) is 9.97 Å². The Morgan fingerprint density at radius 2 is 1.76 bits per heavy atom. The highest BCUT2D eigenvalue weighted by Crippen LogP contribution is 2.41. The minimum Gasteiger partial charge on any atom is -0.355 e. The lowest BCUT2D eigenvalue weighted by Crippen LogP contribution is -2.19. The van der Waals surface area contributed by atoms with Gasteiger partial charge in [0.2, 0.25) is 0 Å². The summed E-state index contributed by atoms with van der Waals surface area (Å²) in [5.41, 5.74) is 1.48. The van der Waals surface area contributed by atoms with Gasteiger partial charge in [-0.15, -0.1) is 23.1 Å². The van der Waals surface area contributed by atoms with Crippen molar-refractivity contribution in [3.63, 3.8) is 0 Å². The molecular formula is C25H21ClF3N3S2. The molecule has 0 aliphatic heterocycles. The maximum Gasteiger partial charge on any atom is 0.416 e. The Labute approximate surface area is 209 Å². The molecule has 2 aromatic carbocycles. The highest BCUT2D eigenvalue weighted by atomic mass is 35.5. The monoisotopic (exact) mass is 519 g/mol. The minimum absolute atomic E-state index is 0.457. The predicted octanol–water partition coefficient (Wildman–Crippen LogP) is 7.78. The highest BCUT2D eigenvalue weighted by Gasteiger charge is 2.30. The van der Waals surface area contributed by atoms with Crippen LogP contribution in [0.5, 0.6) is 0 Å². The Bertz CT molecular complexity index is 1320. The standard InChI is InChI=1S/C25H21ClF3N3S2/c1-32(13-15-5-7-16(8-6-15)25(27,28)29)23-22-19-3-2-4-20(19)34-24(22)31-21(30-23)14-33-18-11-9-17(26)10-12-18/h5-12H,2-4,13-14H2,1H3. The van der Waals surface area contributed by atoms with Crippen LogP contribution in [0.3, 0.4) is 0 Å². The van der Waals surface area contributed by atoms with Crippen molar-refractivity contribution in [2.24, 2.45) is 0 Å². The SMILES string of the molecule is CN(Cc1ccc(C(F)(F)F)cc1)c1nc(CSc2ccc(Cl)cc2)nc2sc3c(c12)CCC3. The zero-order valence-electron chi connectivity index (χ0n) is 18.3. The third-order valence-corrected chi connectivity index (χ3v) is 8.28. The van der Waals surface area contributed by atoms with Gasteiger partial charge < -0.3 is 4.90 Å². The van der Waals surface area contributed by atoms with Gasteiger partial charge in [-0.3, -0.25) is 0 Å². The summed E-state index contributed by atoms with van der Waals surface area (Å²) < 4.78 is 38.8. The Balaban J connectivity index is 1.44. The molecule has 2 aromatic heterocycles. The van der Waals surface area contributed by atoms with E-state index >= 15 is 0 Å². The number of aryl methyl sites for hydroxylation is 2. The molecular weight excluding hydrogens is 499 g/mol. The second-order valence-corrected chi connectivity index (χ2v) is 10.9. The molecule has 4 aromatic rings. The molecule has 0 atom stereocenters. The fraction of sp³-hybridized carbons (Fsp3) is 0.280. The number of fused-ring (bicyclic) bond motifs is 3. The van der Waals surface area contributed by atoms with Crippen LogP contribution in [0.15, 0.2) is 53.4 Å². The van der Waals surface area contributed by atoms with E-state index in [2.05, 4.69) is 0 Å². The molecule has 0 amide bonds. The maximum atomic E-state index is 12.9. The number of nitrogens with zero attached hydrogens (tertiary/aromatic N) is 3. The molecule has 0 fully saturated rings. The van der Waals surface area contributed by atoms with E-state index in [1.807, 2.05) is 36.2 Å². The number of rotatable bonds is 6. The van der Waals surface area contributed by atoms with Gasteiger partial charge in [-0.1, -0.05) is 23.7 Å². The van der Waals surface area contributed by atoms with Crippen LogP contribution >= 0.6 is 34.7 Å². The molecule has 0 N–H and O–H groups in total. The molecule has 2 heterocycles. The number of benzene rings is 2. The van der Waals surface area contributed by atoms with E-state index in [9.17, 15) is 13.2 Å². The van der Waals surface area contributed by atoms with Gasteiger partial charge in [0.05, 0.1) is 16.7 Å². The summed E-state index contributed by atoms with van der Waals surface area (Å²) >= 11 is 9.37. The Morgan fingerprint density at radius 1 is 1.03 bits per heavy atom. The van der Waals surface area contributed by atoms with Gasteiger partial charge in [-0.2, -0.15) is 13.2 Å². The number of alkyl halides is 3. The van der Waals surface area contributed by atoms with Crippen molar-refractivity contribution in [3.05, 3.63) is 80.9 Å². The normalized spacial score (nSPS) is 13.4. The number of thiophene rings is 1. The second-order valence-electron chi connectivity index (χ2n) is 8.29. The van der Waals surface area contributed by atoms with Crippen molar-refractivity contribution in [2.45, 2.75) is 42.6 Å². The lowest BCUT2D eigenvalue weighted by Gasteiger charge is -2.21. The van der Waals surface area contributed by atoms with Crippen LogP contribution in [0, 0.1) is 0 Å². The zero-order valence-corrected chi connectivity index (χ0v) is 20.7. The first-order valence-corrected chi connectivity index (χ1v) is 13.0. The summed E-state index contributed by atoms with van der Waals surface area (Å²) in [6.45, 7) is 0.457. The van der Waals surface area contributed by atoms with Crippen LogP contribution in [-0.2, 0) is 31.3 Å². The number of hydrogen-bond acceptors (Lipinski definition) is 5. The molecule has 3 nitrogen and oxygen atoms in total. The van der Waals surface area contributed by atoms with Crippen LogP contribution in [0.2, 0.25) is 5.02 Å². The van der Waals surface area contributed by atoms with Gasteiger partial charge in [-0.25, -0.2) is 9.97 Å². The van der Waals surface area contributed by atoms with Crippen molar-refractivity contribution in [1.29, 1.82) is 0 Å². The lowest BCUT2D eigenvalue weighted by molar-refractivity contribution is -0.137. The average Bonchev–Trinajstić information content (AvgIpc) is 3.39. The van der Waals surface area contributed by atoms with Crippen molar-refractivity contribution in [3.8, 4) is 0 Å². The number of halogens is 4. The van der Waals surface area contributed by atoms with E-state index in [1.54, 1.807) is 23.1 Å². The van der Waals surface area contributed by atoms with Gasteiger partial charge in [0.15, 0.2) is 0 Å². The summed E-state index contributed by atoms with van der Waals surface area (Å²) in [7, 11) is 1.94. The van der Waals surface area contributed by atoms with E-state index in [1.165, 1.54) is 22.6 Å². The zero-order chi connectivity index (χ0) is 23.9. The molecule has 34 heavy (non-hydrogen) atoms. The second kappa shape index (κ2) is 9.40. The Hall–Kier alpha value is -2.29. The molecule has 9 heteroatoms. The molecule has 0 unspecified atom stereocenters. The van der Waals surface area contributed by atoms with E-state index in [0.717, 1.165) is 63.7 Å². The van der Waals surface area contributed by atoms with Crippen molar-refractivity contribution in [2.75, 3.05) is 11.9 Å². The summed E-state index contributed by atoms with van der Waals surface area (Å²) in [6.07, 6.45) is -1.13. The van der Waals surface area contributed by atoms with Crippen LogP contribution < -0.4 is 4.90 Å². The third-order valence-electron chi connectivity index (χ3n) is 5.84. The maximum absolute atomic E-state index is 12.9. The first-order chi connectivity index (χ1) is 16.3. The first-order valence-electron chi connectivity index (χ1n) is 10.8. The van der Waals surface area contributed by atoms with Gasteiger partial charge in [0.25, 0.3) is 0 Å². The van der Waals surface area contributed by atoms with E-state index < -0.39 is 11.7 Å². The molecule has 176 valence electrons. The van der Waals surface area contributed by atoms with Crippen molar-refractivity contribution < 1.29 is 13.2 Å². The average molecular weight is 520 g/mol. The molecule has 1 aliphatic rings. The van der Waals surface area contributed by atoms with Crippen LogP contribution in [0.25, 0.3) is 10.2 Å². The van der Waals surface area contributed by atoms with E-state index in [0.29, 0.717) is 17.3 Å². The topological polar surface area (TPSA) is 29.0 Å². The minimum atomic E-state index is -4.34. The number of hydrogen-bond donors (Lipinski definition) is 0. The number of aromatic nitrogens is 2. The van der Waals surface area contributed by atoms with Crippen LogP contribution in [0.1, 0.15) is 33.8 Å². The molecule has 1 aliphatic carbocycles. The van der Waals surface area contributed by atoms with Crippen LogP contribution in [-0.4, -0.2) is 17.0 Å². The molecule has 5 rings (SSSR count). The van der Waals surface area contributed by atoms with Gasteiger partial charge in [0, 0.05) is 28.4 Å². The fourth-order valence-corrected chi connectivity index (χ4v) is 6.34. The smallest absolute Gasteiger partial charge is 0.355 e. The van der Waals surface area contributed by atoms with Crippen LogP contribution in [0.4, 0.5) is 19.0 Å². The quantitative estimate of drug-likeness (QED) is 0.243. The summed E-state index contributed by atoms with van der Waals surface area (Å²) in [5.74, 6) is 2.19. The van der Waals surface area contributed by atoms with Crippen molar-refractivity contribution >= 4 is 50.7 Å². The number of thioether (sulfide) groups is 1. The van der Waals surface area contributed by atoms with Gasteiger partial charge in [0.1, 0.15) is 16.5 Å². The third kappa shape index (κ3) is 4.90.